The van der Waals surface area contributed by atoms with Crippen molar-refractivity contribution in [2.45, 2.75) is 6.42 Å². The highest BCUT2D eigenvalue weighted by Crippen LogP contribution is 2.25. The van der Waals surface area contributed by atoms with Crippen molar-refractivity contribution in [2.24, 2.45) is 0 Å². The Labute approximate surface area is 109 Å². The zero-order chi connectivity index (χ0) is 14.5. The average Bonchev–Trinajstić information content (AvgIpc) is 2.26. The van der Waals surface area contributed by atoms with E-state index in [1.165, 1.54) is 0 Å². The van der Waals surface area contributed by atoms with Crippen LogP contribution in [0.15, 0.2) is 42.5 Å². The smallest absolute Gasteiger partial charge is 0.466 e. The summed E-state index contributed by atoms with van der Waals surface area (Å²) in [6.07, 6.45) is 0.0847. The number of aliphatic carboxylic acids is 1. The van der Waals surface area contributed by atoms with Gasteiger partial charge in [0.15, 0.2) is 0 Å². The minimum atomic E-state index is -4.64. The molecule has 0 spiro atoms. The predicted octanol–water partition coefficient (Wildman–Crippen LogP) is 1.54. The fourth-order valence-electron chi connectivity index (χ4n) is 1.61. The highest BCUT2D eigenvalue weighted by atomic mass is 31.2. The van der Waals surface area contributed by atoms with Crippen LogP contribution in [0.1, 0.15) is 5.56 Å². The Morgan fingerprint density at radius 1 is 1.00 bits per heavy atom. The third kappa shape index (κ3) is 6.13. The van der Waals surface area contributed by atoms with E-state index >= 15 is 0 Å². The molecule has 4 N–H and O–H groups in total. The lowest BCUT2D eigenvalue weighted by molar-refractivity contribution is -0.136. The Balaban J connectivity index is 0.000000312. The van der Waals surface area contributed by atoms with Gasteiger partial charge in [-0.2, -0.15) is 0 Å². The van der Waals surface area contributed by atoms with E-state index in [4.69, 9.17) is 24.4 Å². The minimum absolute atomic E-state index is 0.0847. The van der Waals surface area contributed by atoms with Crippen LogP contribution < -0.4 is 0 Å². The fraction of sp³-hybridized carbons (Fsp3) is 0.0833. The first-order chi connectivity index (χ1) is 8.77. The van der Waals surface area contributed by atoms with Crippen molar-refractivity contribution in [2.75, 3.05) is 0 Å². The molecule has 2 aromatic carbocycles. The number of rotatable bonds is 2. The van der Waals surface area contributed by atoms with E-state index in [-0.39, 0.29) is 6.42 Å². The van der Waals surface area contributed by atoms with Gasteiger partial charge in [-0.3, -0.25) is 4.79 Å². The molecule has 0 bridgehead atoms. The molecule has 0 heterocycles. The molecule has 0 atom stereocenters. The summed E-state index contributed by atoms with van der Waals surface area (Å²) in [6.45, 7) is 0. The first-order valence-electron chi connectivity index (χ1n) is 5.24. The molecule has 0 unspecified atom stereocenters. The van der Waals surface area contributed by atoms with E-state index in [2.05, 4.69) is 0 Å². The second-order valence-electron chi connectivity index (χ2n) is 3.72. The molecule has 0 amide bonds. The van der Waals surface area contributed by atoms with Crippen molar-refractivity contribution < 1.29 is 29.1 Å². The molecule has 0 radical (unpaired) electrons. The van der Waals surface area contributed by atoms with E-state index < -0.39 is 13.8 Å². The fourth-order valence-corrected chi connectivity index (χ4v) is 1.61. The monoisotopic (exact) mass is 284 g/mol. The Morgan fingerprint density at radius 2 is 1.53 bits per heavy atom. The molecule has 6 nitrogen and oxygen atoms in total. The predicted molar refractivity (Wildman–Crippen MR) is 69.6 cm³/mol. The molecule has 0 saturated heterocycles. The lowest BCUT2D eigenvalue weighted by atomic mass is 10.0. The van der Waals surface area contributed by atoms with Crippen LogP contribution in [0.2, 0.25) is 0 Å². The van der Waals surface area contributed by atoms with Gasteiger partial charge in [0.2, 0.25) is 0 Å². The van der Waals surface area contributed by atoms with Gasteiger partial charge >= 0.3 is 13.8 Å². The van der Waals surface area contributed by atoms with Gasteiger partial charge in [-0.05, 0) is 16.3 Å². The standard InChI is InChI=1S/C12H10O2.H3O4P/c13-12(14)8-10-6-3-5-9-4-1-2-7-11(9)10;1-5(2,3)4/h1-7H,8H2,(H,13,14);(H3,1,2,3,4). The van der Waals surface area contributed by atoms with Crippen LogP contribution in [-0.2, 0) is 15.8 Å². The number of hydrogen-bond donors (Lipinski definition) is 4. The van der Waals surface area contributed by atoms with Gasteiger partial charge in [0.25, 0.3) is 0 Å². The van der Waals surface area contributed by atoms with Crippen LogP contribution in [0.3, 0.4) is 0 Å². The first-order valence-corrected chi connectivity index (χ1v) is 6.80. The summed E-state index contributed by atoms with van der Waals surface area (Å²) in [6, 6.07) is 13.5. The van der Waals surface area contributed by atoms with Crippen LogP contribution in [-0.4, -0.2) is 25.8 Å². The van der Waals surface area contributed by atoms with Gasteiger partial charge in [-0.15, -0.1) is 0 Å². The van der Waals surface area contributed by atoms with E-state index in [0.717, 1.165) is 16.3 Å². The van der Waals surface area contributed by atoms with Crippen molar-refractivity contribution >= 4 is 24.6 Å². The van der Waals surface area contributed by atoms with E-state index in [1.54, 1.807) is 0 Å². The normalized spacial score (nSPS) is 10.7. The van der Waals surface area contributed by atoms with Gasteiger partial charge in [-0.1, -0.05) is 42.5 Å². The molecule has 2 rings (SSSR count). The summed E-state index contributed by atoms with van der Waals surface area (Å²) in [5.41, 5.74) is 0.871. The molecule has 0 aromatic heterocycles. The zero-order valence-corrected chi connectivity index (χ0v) is 10.7. The molecule has 0 aliphatic heterocycles. The van der Waals surface area contributed by atoms with Gasteiger partial charge in [0, 0.05) is 0 Å². The molecule has 0 saturated carbocycles. The highest BCUT2D eigenvalue weighted by Gasteiger charge is 2.03. The maximum Gasteiger partial charge on any atom is 0.466 e. The largest absolute Gasteiger partial charge is 0.481 e. The number of carbonyl (C=O) groups is 1. The summed E-state index contributed by atoms with van der Waals surface area (Å²) in [5, 5.41) is 10.8. The summed E-state index contributed by atoms with van der Waals surface area (Å²) >= 11 is 0. The second kappa shape index (κ2) is 6.45. The molecule has 0 aliphatic carbocycles. The first kappa shape index (κ1) is 15.3. The third-order valence-corrected chi connectivity index (χ3v) is 2.22. The summed E-state index contributed by atoms with van der Waals surface area (Å²) in [4.78, 5) is 32.2. The van der Waals surface area contributed by atoms with Crippen molar-refractivity contribution in [1.29, 1.82) is 0 Å². The maximum atomic E-state index is 10.6. The van der Waals surface area contributed by atoms with Gasteiger partial charge in [0.1, 0.15) is 0 Å². The topological polar surface area (TPSA) is 115 Å². The van der Waals surface area contributed by atoms with E-state index in [9.17, 15) is 4.79 Å². The molecule has 7 heteroatoms. The van der Waals surface area contributed by atoms with Gasteiger partial charge in [-0.25, -0.2) is 4.57 Å². The molecule has 0 fully saturated rings. The van der Waals surface area contributed by atoms with Crippen LogP contribution in [0.25, 0.3) is 10.8 Å². The molecular weight excluding hydrogens is 271 g/mol. The van der Waals surface area contributed by atoms with Crippen LogP contribution in [0.5, 0.6) is 0 Å². The second-order valence-corrected chi connectivity index (χ2v) is 4.75. The quantitative estimate of drug-likeness (QED) is 0.622. The number of carboxylic acid groups (broad SMARTS) is 1. The molecule has 19 heavy (non-hydrogen) atoms. The van der Waals surface area contributed by atoms with Crippen molar-refractivity contribution in [3.8, 4) is 0 Å². The van der Waals surface area contributed by atoms with Crippen molar-refractivity contribution in [3.05, 3.63) is 48.0 Å². The molecule has 2 aromatic rings. The van der Waals surface area contributed by atoms with Crippen LogP contribution >= 0.6 is 7.82 Å². The Morgan fingerprint density at radius 3 is 2.11 bits per heavy atom. The number of fused-ring (bicyclic) bond motifs is 1. The zero-order valence-electron chi connectivity index (χ0n) is 9.80. The molecule has 0 aliphatic rings. The Bertz CT molecular complexity index is 605. The SMILES string of the molecule is O=C(O)Cc1cccc2ccccc12.O=P(O)(O)O. The average molecular weight is 284 g/mol. The molecular formula is C12H13O6P. The number of phosphoric acid groups is 1. The van der Waals surface area contributed by atoms with Crippen LogP contribution in [0, 0.1) is 0 Å². The summed E-state index contributed by atoms with van der Waals surface area (Å²) in [5.74, 6) is -0.790. The van der Waals surface area contributed by atoms with Gasteiger partial charge < -0.3 is 19.8 Å². The number of benzene rings is 2. The van der Waals surface area contributed by atoms with Crippen molar-refractivity contribution in [1.82, 2.24) is 0 Å². The summed E-state index contributed by atoms with van der Waals surface area (Å²) in [7, 11) is -4.64. The lowest BCUT2D eigenvalue weighted by Gasteiger charge is -2.02. The van der Waals surface area contributed by atoms with E-state index in [1.807, 2.05) is 42.5 Å². The van der Waals surface area contributed by atoms with Gasteiger partial charge in [0.05, 0.1) is 6.42 Å². The number of carboxylic acids is 1. The summed E-state index contributed by atoms with van der Waals surface area (Å²) < 4.78 is 8.88. The third-order valence-electron chi connectivity index (χ3n) is 2.22. The van der Waals surface area contributed by atoms with E-state index in [0.29, 0.717) is 0 Å². The Hall–Kier alpha value is -1.72. The lowest BCUT2D eigenvalue weighted by Crippen LogP contribution is -2.00. The number of hydrogen-bond acceptors (Lipinski definition) is 2. The van der Waals surface area contributed by atoms with Crippen molar-refractivity contribution in [3.63, 3.8) is 0 Å². The highest BCUT2D eigenvalue weighted by molar-refractivity contribution is 7.45. The maximum absolute atomic E-state index is 10.6. The Kier molecular flexibility index (Phi) is 5.20. The van der Waals surface area contributed by atoms with Crippen LogP contribution in [0.4, 0.5) is 0 Å². The molecule has 102 valence electrons. The minimum Gasteiger partial charge on any atom is -0.481 e.